The number of aryl methyl sites for hydroxylation is 1. The van der Waals surface area contributed by atoms with Crippen molar-refractivity contribution in [3.8, 4) is 0 Å². The van der Waals surface area contributed by atoms with Crippen molar-refractivity contribution >= 4 is 32.2 Å². The first-order valence-electron chi connectivity index (χ1n) is 6.56. The number of primary sulfonamides is 1. The molecule has 0 radical (unpaired) electrons. The molecule has 3 heterocycles. The van der Waals surface area contributed by atoms with Gasteiger partial charge in [-0.1, -0.05) is 0 Å². The molecule has 1 fully saturated rings. The lowest BCUT2D eigenvalue weighted by atomic mass is 10.3. The standard InChI is InChI=1S/C12H16N4O3S2/c1-8-7-20-12-14-9(5-16(8)12)4-11(17)15-3-2-10(6-15)21(13,18)19/h5,7,10H,2-4,6H2,1H3,(H2,13,18,19). The normalized spacial score (nSPS) is 19.5. The Morgan fingerprint density at radius 3 is 2.95 bits per heavy atom. The molecule has 1 amide bonds. The van der Waals surface area contributed by atoms with E-state index in [9.17, 15) is 13.2 Å². The van der Waals surface area contributed by atoms with Crippen LogP contribution in [-0.2, 0) is 21.2 Å². The molecule has 0 aliphatic carbocycles. The number of carbonyl (C=O) groups excluding carboxylic acids is 1. The zero-order valence-electron chi connectivity index (χ0n) is 11.5. The highest BCUT2D eigenvalue weighted by Crippen LogP contribution is 2.18. The maximum atomic E-state index is 12.2. The molecule has 1 aliphatic heterocycles. The number of hydrogen-bond donors (Lipinski definition) is 1. The van der Waals surface area contributed by atoms with Crippen molar-refractivity contribution in [2.75, 3.05) is 13.1 Å². The number of amides is 1. The van der Waals surface area contributed by atoms with Crippen molar-refractivity contribution < 1.29 is 13.2 Å². The van der Waals surface area contributed by atoms with E-state index >= 15 is 0 Å². The summed E-state index contributed by atoms with van der Waals surface area (Å²) in [6.07, 6.45) is 2.44. The predicted molar refractivity (Wildman–Crippen MR) is 79.6 cm³/mol. The van der Waals surface area contributed by atoms with Crippen LogP contribution in [0.5, 0.6) is 0 Å². The van der Waals surface area contributed by atoms with Crippen molar-refractivity contribution in [1.82, 2.24) is 14.3 Å². The summed E-state index contributed by atoms with van der Waals surface area (Å²) in [5.41, 5.74) is 1.78. The molecular formula is C12H16N4O3S2. The van der Waals surface area contributed by atoms with Crippen LogP contribution in [0.4, 0.5) is 0 Å². The Hall–Kier alpha value is -1.45. The van der Waals surface area contributed by atoms with Gasteiger partial charge in [0, 0.05) is 30.4 Å². The molecule has 0 spiro atoms. The van der Waals surface area contributed by atoms with E-state index in [0.29, 0.717) is 18.7 Å². The van der Waals surface area contributed by atoms with E-state index in [1.165, 1.54) is 11.3 Å². The van der Waals surface area contributed by atoms with Crippen LogP contribution in [0, 0.1) is 6.92 Å². The average Bonchev–Trinajstić information content (AvgIpc) is 3.06. The predicted octanol–water partition coefficient (Wildman–Crippen LogP) is 0.136. The van der Waals surface area contributed by atoms with E-state index in [4.69, 9.17) is 5.14 Å². The molecule has 114 valence electrons. The number of nitrogens with zero attached hydrogens (tertiary/aromatic N) is 3. The van der Waals surface area contributed by atoms with Gasteiger partial charge >= 0.3 is 0 Å². The molecule has 1 unspecified atom stereocenters. The molecule has 1 saturated heterocycles. The number of thiazole rings is 1. The molecular weight excluding hydrogens is 312 g/mol. The van der Waals surface area contributed by atoms with Crippen molar-refractivity contribution in [3.05, 3.63) is 23.0 Å². The number of sulfonamides is 1. The van der Waals surface area contributed by atoms with Crippen LogP contribution in [0.3, 0.4) is 0 Å². The Morgan fingerprint density at radius 1 is 1.57 bits per heavy atom. The first-order chi connectivity index (χ1) is 9.84. The minimum absolute atomic E-state index is 0.107. The second kappa shape index (κ2) is 5.08. The molecule has 0 saturated carbocycles. The summed E-state index contributed by atoms with van der Waals surface area (Å²) in [7, 11) is -3.57. The zero-order valence-corrected chi connectivity index (χ0v) is 13.2. The maximum Gasteiger partial charge on any atom is 0.228 e. The molecule has 0 aromatic carbocycles. The number of likely N-dealkylation sites (tertiary alicyclic amines) is 1. The monoisotopic (exact) mass is 328 g/mol. The summed E-state index contributed by atoms with van der Waals surface area (Å²) in [4.78, 5) is 19.0. The molecule has 1 atom stereocenters. The number of rotatable bonds is 3. The fraction of sp³-hybridized carbons (Fsp3) is 0.500. The van der Waals surface area contributed by atoms with Gasteiger partial charge in [0.25, 0.3) is 0 Å². The van der Waals surface area contributed by atoms with E-state index in [1.54, 1.807) is 4.90 Å². The second-order valence-corrected chi connectivity index (χ2v) is 7.96. The molecule has 21 heavy (non-hydrogen) atoms. The SMILES string of the molecule is Cc1csc2nc(CC(=O)N3CCC(S(N)(=O)=O)C3)cn12. The van der Waals surface area contributed by atoms with Gasteiger partial charge in [-0.15, -0.1) is 11.3 Å². The summed E-state index contributed by atoms with van der Waals surface area (Å²) in [5, 5.41) is 6.49. The van der Waals surface area contributed by atoms with E-state index in [-0.39, 0.29) is 18.9 Å². The minimum Gasteiger partial charge on any atom is -0.341 e. The van der Waals surface area contributed by atoms with E-state index in [1.807, 2.05) is 22.9 Å². The average molecular weight is 328 g/mol. The summed E-state index contributed by atoms with van der Waals surface area (Å²) < 4.78 is 24.6. The minimum atomic E-state index is -3.57. The quantitative estimate of drug-likeness (QED) is 0.866. The van der Waals surface area contributed by atoms with Crippen LogP contribution in [-0.4, -0.2) is 46.9 Å². The number of aromatic nitrogens is 2. The summed E-state index contributed by atoms with van der Waals surface area (Å²) in [5.74, 6) is -0.107. The van der Waals surface area contributed by atoms with Gasteiger partial charge in [0.05, 0.1) is 17.4 Å². The van der Waals surface area contributed by atoms with Gasteiger partial charge in [-0.3, -0.25) is 9.20 Å². The van der Waals surface area contributed by atoms with Crippen molar-refractivity contribution in [2.45, 2.75) is 25.0 Å². The summed E-state index contributed by atoms with van der Waals surface area (Å²) in [6, 6.07) is 0. The van der Waals surface area contributed by atoms with Gasteiger partial charge in [0.2, 0.25) is 15.9 Å². The van der Waals surface area contributed by atoms with E-state index < -0.39 is 15.3 Å². The Labute approximate surface area is 126 Å². The summed E-state index contributed by atoms with van der Waals surface area (Å²) >= 11 is 1.53. The number of hydrogen-bond acceptors (Lipinski definition) is 5. The number of imidazole rings is 1. The first-order valence-corrected chi connectivity index (χ1v) is 9.05. The fourth-order valence-electron chi connectivity index (χ4n) is 2.52. The highest BCUT2D eigenvalue weighted by Gasteiger charge is 2.33. The van der Waals surface area contributed by atoms with Crippen LogP contribution < -0.4 is 5.14 Å². The van der Waals surface area contributed by atoms with Gasteiger partial charge < -0.3 is 4.90 Å². The van der Waals surface area contributed by atoms with E-state index in [2.05, 4.69) is 4.98 Å². The lowest BCUT2D eigenvalue weighted by Crippen LogP contribution is -2.35. The van der Waals surface area contributed by atoms with Crippen LogP contribution in [0.15, 0.2) is 11.6 Å². The number of fused-ring (bicyclic) bond motifs is 1. The van der Waals surface area contributed by atoms with E-state index in [0.717, 1.165) is 10.7 Å². The smallest absolute Gasteiger partial charge is 0.228 e. The maximum absolute atomic E-state index is 12.2. The van der Waals surface area contributed by atoms with Crippen LogP contribution in [0.2, 0.25) is 0 Å². The molecule has 2 aromatic rings. The Morgan fingerprint density at radius 2 is 2.33 bits per heavy atom. The first kappa shape index (κ1) is 14.5. The lowest BCUT2D eigenvalue weighted by molar-refractivity contribution is -0.129. The topological polar surface area (TPSA) is 97.8 Å². The third-order valence-electron chi connectivity index (χ3n) is 3.73. The second-order valence-electron chi connectivity index (χ2n) is 5.28. The third-order valence-corrected chi connectivity index (χ3v) is 6.00. The largest absolute Gasteiger partial charge is 0.341 e. The van der Waals surface area contributed by atoms with Gasteiger partial charge in [-0.05, 0) is 13.3 Å². The van der Waals surface area contributed by atoms with Gasteiger partial charge in [0.15, 0.2) is 4.96 Å². The Bertz CT molecular complexity index is 793. The van der Waals surface area contributed by atoms with Crippen molar-refractivity contribution in [1.29, 1.82) is 0 Å². The Balaban J connectivity index is 1.69. The highest BCUT2D eigenvalue weighted by atomic mass is 32.2. The lowest BCUT2D eigenvalue weighted by Gasteiger charge is -2.15. The molecule has 1 aliphatic rings. The van der Waals surface area contributed by atoms with Crippen molar-refractivity contribution in [2.24, 2.45) is 5.14 Å². The molecule has 3 rings (SSSR count). The van der Waals surface area contributed by atoms with Gasteiger partial charge in [0.1, 0.15) is 0 Å². The summed E-state index contributed by atoms with van der Waals surface area (Å²) in [6.45, 7) is 2.59. The van der Waals surface area contributed by atoms with Crippen LogP contribution in [0.1, 0.15) is 17.8 Å². The molecule has 2 aromatic heterocycles. The van der Waals surface area contributed by atoms with Crippen molar-refractivity contribution in [3.63, 3.8) is 0 Å². The third kappa shape index (κ3) is 2.81. The van der Waals surface area contributed by atoms with Crippen LogP contribution in [0.25, 0.3) is 4.96 Å². The fourth-order valence-corrected chi connectivity index (χ4v) is 4.21. The van der Waals surface area contributed by atoms with Gasteiger partial charge in [-0.2, -0.15) is 0 Å². The number of nitrogens with two attached hydrogens (primary N) is 1. The zero-order chi connectivity index (χ0) is 15.2. The molecule has 9 heteroatoms. The van der Waals surface area contributed by atoms with Crippen LogP contribution >= 0.6 is 11.3 Å². The molecule has 7 nitrogen and oxygen atoms in total. The molecule has 0 bridgehead atoms. The van der Waals surface area contributed by atoms with Gasteiger partial charge in [-0.25, -0.2) is 18.5 Å². The highest BCUT2D eigenvalue weighted by molar-refractivity contribution is 7.89. The Kier molecular flexibility index (Phi) is 3.50. The molecule has 2 N–H and O–H groups in total. The number of carbonyl (C=O) groups is 1.